The molecular formula is C16H23ClN4OS. The zero-order chi connectivity index (χ0) is 15.6. The Kier molecular flexibility index (Phi) is 4.73. The normalized spacial score (nSPS) is 26.3. The Balaban J connectivity index is 1.60. The van der Waals surface area contributed by atoms with Crippen LogP contribution in [0.15, 0.2) is 4.99 Å². The Morgan fingerprint density at radius 3 is 2.70 bits per heavy atom. The first-order chi connectivity index (χ1) is 11.3. The summed E-state index contributed by atoms with van der Waals surface area (Å²) in [7, 11) is 0. The molecule has 1 aromatic heterocycles. The largest absolute Gasteiger partial charge is 0.381 e. The van der Waals surface area contributed by atoms with Gasteiger partial charge in [0, 0.05) is 25.2 Å². The minimum Gasteiger partial charge on any atom is -0.381 e. The number of ether oxygens (including phenoxy) is 1. The highest BCUT2D eigenvalue weighted by Gasteiger charge is 2.31. The first-order valence-electron chi connectivity index (χ1n) is 8.64. The van der Waals surface area contributed by atoms with Crippen LogP contribution in [0.4, 0.5) is 5.00 Å². The summed E-state index contributed by atoms with van der Waals surface area (Å²) in [5.41, 5.74) is 1.92. The van der Waals surface area contributed by atoms with E-state index in [1.807, 2.05) is 0 Å². The molecule has 2 aliphatic heterocycles. The van der Waals surface area contributed by atoms with E-state index in [9.17, 15) is 0 Å². The van der Waals surface area contributed by atoms with E-state index in [2.05, 4.69) is 15.6 Å². The molecule has 7 heteroatoms. The van der Waals surface area contributed by atoms with Crippen LogP contribution in [0.5, 0.6) is 0 Å². The van der Waals surface area contributed by atoms with Crippen LogP contribution in [-0.2, 0) is 4.74 Å². The number of hydrogen-bond donors (Lipinski definition) is 2. The van der Waals surface area contributed by atoms with Crippen molar-refractivity contribution in [2.45, 2.75) is 62.5 Å². The molecule has 0 spiro atoms. The number of alkyl halides is 1. The molecule has 1 saturated carbocycles. The van der Waals surface area contributed by atoms with Crippen molar-refractivity contribution in [1.29, 1.82) is 0 Å². The SMILES string of the molecule is ClC1N=C(NC2CCCCC2)c2c(C3CCOCC3)nsc2N1. The number of nitrogens with zero attached hydrogens (tertiary/aromatic N) is 2. The van der Waals surface area contributed by atoms with E-state index < -0.39 is 5.62 Å². The Hall–Kier alpha value is -0.850. The van der Waals surface area contributed by atoms with Gasteiger partial charge < -0.3 is 15.4 Å². The van der Waals surface area contributed by atoms with Crippen LogP contribution in [0.1, 0.15) is 62.1 Å². The van der Waals surface area contributed by atoms with E-state index in [0.29, 0.717) is 12.0 Å². The lowest BCUT2D eigenvalue weighted by atomic mass is 9.92. The summed E-state index contributed by atoms with van der Waals surface area (Å²) in [6.07, 6.45) is 8.47. The van der Waals surface area contributed by atoms with E-state index in [1.54, 1.807) is 0 Å². The van der Waals surface area contributed by atoms with Gasteiger partial charge in [-0.05, 0) is 37.2 Å². The topological polar surface area (TPSA) is 58.5 Å². The molecule has 0 aromatic carbocycles. The number of aromatic nitrogens is 1. The Morgan fingerprint density at radius 1 is 1.13 bits per heavy atom. The average molecular weight is 355 g/mol. The molecule has 1 aromatic rings. The second-order valence-electron chi connectivity index (χ2n) is 6.60. The van der Waals surface area contributed by atoms with Gasteiger partial charge in [-0.25, -0.2) is 4.99 Å². The highest BCUT2D eigenvalue weighted by Crippen LogP contribution is 2.37. The van der Waals surface area contributed by atoms with E-state index in [0.717, 1.165) is 42.5 Å². The first-order valence-corrected chi connectivity index (χ1v) is 9.85. The summed E-state index contributed by atoms with van der Waals surface area (Å²) < 4.78 is 10.2. The molecule has 2 N–H and O–H groups in total. The monoisotopic (exact) mass is 354 g/mol. The third kappa shape index (κ3) is 3.35. The van der Waals surface area contributed by atoms with E-state index in [1.165, 1.54) is 49.3 Å². The fraction of sp³-hybridized carbons (Fsp3) is 0.750. The molecular weight excluding hydrogens is 332 g/mol. The van der Waals surface area contributed by atoms with Crippen molar-refractivity contribution in [2.75, 3.05) is 18.5 Å². The Morgan fingerprint density at radius 2 is 1.91 bits per heavy atom. The maximum Gasteiger partial charge on any atom is 0.198 e. The molecule has 0 radical (unpaired) electrons. The van der Waals surface area contributed by atoms with Gasteiger partial charge in [-0.1, -0.05) is 30.9 Å². The summed E-state index contributed by atoms with van der Waals surface area (Å²) in [5.74, 6) is 1.41. The smallest absolute Gasteiger partial charge is 0.198 e. The molecule has 0 amide bonds. The third-order valence-electron chi connectivity index (χ3n) is 5.00. The predicted octanol–water partition coefficient (Wildman–Crippen LogP) is 3.65. The van der Waals surface area contributed by atoms with Crippen molar-refractivity contribution in [3.8, 4) is 0 Å². The van der Waals surface area contributed by atoms with Crippen LogP contribution < -0.4 is 10.6 Å². The first kappa shape index (κ1) is 15.7. The minimum absolute atomic E-state index is 0.406. The molecule has 1 atom stereocenters. The van der Waals surface area contributed by atoms with E-state index in [-0.39, 0.29) is 0 Å². The number of fused-ring (bicyclic) bond motifs is 1. The van der Waals surface area contributed by atoms with Crippen molar-refractivity contribution in [2.24, 2.45) is 4.99 Å². The van der Waals surface area contributed by atoms with Gasteiger partial charge in [0.2, 0.25) is 0 Å². The lowest BCUT2D eigenvalue weighted by Crippen LogP contribution is -2.40. The highest BCUT2D eigenvalue weighted by molar-refractivity contribution is 7.10. The van der Waals surface area contributed by atoms with Crippen molar-refractivity contribution in [3.63, 3.8) is 0 Å². The zero-order valence-corrected chi connectivity index (χ0v) is 14.8. The molecule has 3 aliphatic rings. The summed E-state index contributed by atoms with van der Waals surface area (Å²) in [5, 5.41) is 7.98. The molecule has 5 nitrogen and oxygen atoms in total. The number of aliphatic imine (C=N–C) groups is 1. The average Bonchev–Trinajstić information content (AvgIpc) is 3.00. The van der Waals surface area contributed by atoms with Crippen molar-refractivity contribution >= 4 is 34.0 Å². The molecule has 0 bridgehead atoms. The molecule has 3 heterocycles. The predicted molar refractivity (Wildman–Crippen MR) is 94.7 cm³/mol. The number of rotatable bonds is 2. The van der Waals surface area contributed by atoms with Gasteiger partial charge in [0.15, 0.2) is 5.62 Å². The van der Waals surface area contributed by atoms with Gasteiger partial charge in [0.1, 0.15) is 10.8 Å². The molecule has 23 heavy (non-hydrogen) atoms. The lowest BCUT2D eigenvalue weighted by molar-refractivity contribution is 0.0846. The van der Waals surface area contributed by atoms with Gasteiger partial charge in [0.05, 0.1) is 11.3 Å². The molecule has 1 saturated heterocycles. The zero-order valence-electron chi connectivity index (χ0n) is 13.2. The van der Waals surface area contributed by atoms with Gasteiger partial charge in [-0.15, -0.1) is 0 Å². The number of amidine groups is 1. The second kappa shape index (κ2) is 6.95. The number of hydrogen-bond acceptors (Lipinski definition) is 6. The fourth-order valence-electron chi connectivity index (χ4n) is 3.75. The maximum atomic E-state index is 6.27. The maximum absolute atomic E-state index is 6.27. The van der Waals surface area contributed by atoms with Gasteiger partial charge in [-0.3, -0.25) is 0 Å². The van der Waals surface area contributed by atoms with E-state index in [4.69, 9.17) is 20.7 Å². The van der Waals surface area contributed by atoms with Crippen LogP contribution in [0.2, 0.25) is 0 Å². The second-order valence-corrected chi connectivity index (χ2v) is 7.78. The van der Waals surface area contributed by atoms with Gasteiger partial charge in [0.25, 0.3) is 0 Å². The fourth-order valence-corrected chi connectivity index (χ4v) is 4.91. The van der Waals surface area contributed by atoms with E-state index >= 15 is 0 Å². The number of anilines is 1. The van der Waals surface area contributed by atoms with Crippen LogP contribution in [-0.4, -0.2) is 35.1 Å². The summed E-state index contributed by atoms with van der Waals surface area (Å²) in [6.45, 7) is 1.65. The molecule has 1 unspecified atom stereocenters. The van der Waals surface area contributed by atoms with Crippen LogP contribution in [0.3, 0.4) is 0 Å². The van der Waals surface area contributed by atoms with Crippen molar-refractivity contribution in [1.82, 2.24) is 9.69 Å². The minimum atomic E-state index is -0.406. The summed E-state index contributed by atoms with van der Waals surface area (Å²) >= 11 is 7.78. The van der Waals surface area contributed by atoms with Crippen LogP contribution in [0, 0.1) is 0 Å². The standard InChI is InChI=1S/C16H23ClN4OS/c17-16-19-14(18-11-4-2-1-3-5-11)12-13(21-23-15(12)20-16)10-6-8-22-9-7-10/h10-11,16,20H,1-9H2,(H,18,19). The van der Waals surface area contributed by atoms with Crippen molar-refractivity contribution in [3.05, 3.63) is 11.3 Å². The van der Waals surface area contributed by atoms with Crippen LogP contribution in [0.25, 0.3) is 0 Å². The molecule has 2 fully saturated rings. The molecule has 1 aliphatic carbocycles. The lowest BCUT2D eigenvalue weighted by Gasteiger charge is -2.29. The number of nitrogens with one attached hydrogen (secondary N) is 2. The molecule has 126 valence electrons. The quantitative estimate of drug-likeness (QED) is 0.628. The van der Waals surface area contributed by atoms with Gasteiger partial charge >= 0.3 is 0 Å². The Labute approximate surface area is 146 Å². The number of halogens is 1. The summed E-state index contributed by atoms with van der Waals surface area (Å²) in [6, 6.07) is 0.514. The summed E-state index contributed by atoms with van der Waals surface area (Å²) in [4.78, 5) is 4.64. The Bertz CT molecular complexity index is 579. The van der Waals surface area contributed by atoms with Crippen LogP contribution >= 0.6 is 23.1 Å². The van der Waals surface area contributed by atoms with Gasteiger partial charge in [-0.2, -0.15) is 4.37 Å². The molecule has 4 rings (SSSR count). The third-order valence-corrected chi connectivity index (χ3v) is 6.00. The van der Waals surface area contributed by atoms with Crippen molar-refractivity contribution < 1.29 is 4.74 Å². The highest BCUT2D eigenvalue weighted by atomic mass is 35.5.